The molecule has 0 saturated heterocycles. The number of esters is 1. The summed E-state index contributed by atoms with van der Waals surface area (Å²) in [6.45, 7) is 3.36. The second-order valence-corrected chi connectivity index (χ2v) is 12.0. The number of sulfone groups is 1. The van der Waals surface area contributed by atoms with Gasteiger partial charge in [0.25, 0.3) is 5.91 Å². The number of nitrogens with zero attached hydrogens (tertiary/aromatic N) is 1. The van der Waals surface area contributed by atoms with Gasteiger partial charge in [-0.05, 0) is 56.0 Å². The van der Waals surface area contributed by atoms with Crippen LogP contribution >= 0.6 is 22.9 Å². The van der Waals surface area contributed by atoms with Crippen LogP contribution in [0.15, 0.2) is 35.2 Å². The fourth-order valence-electron chi connectivity index (χ4n) is 3.86. The Kier molecular flexibility index (Phi) is 7.13. The lowest BCUT2D eigenvalue weighted by molar-refractivity contribution is -0.153. The summed E-state index contributed by atoms with van der Waals surface area (Å²) in [5, 5.41) is 0. The van der Waals surface area contributed by atoms with Gasteiger partial charge in [-0.15, -0.1) is 11.3 Å². The number of aryl methyl sites for hydroxylation is 2. The molecule has 0 spiro atoms. The minimum absolute atomic E-state index is 0.157. The van der Waals surface area contributed by atoms with Gasteiger partial charge in [0, 0.05) is 11.9 Å². The van der Waals surface area contributed by atoms with Crippen LogP contribution in [0.25, 0.3) is 0 Å². The zero-order valence-corrected chi connectivity index (χ0v) is 20.2. The lowest BCUT2D eigenvalue weighted by Gasteiger charge is -2.28. The molecule has 6 nitrogen and oxygen atoms in total. The van der Waals surface area contributed by atoms with Gasteiger partial charge in [-0.3, -0.25) is 9.59 Å². The number of likely N-dealkylation sites (N-methyl/N-ethyl adjacent to an activating group) is 1. The largest absolute Gasteiger partial charge is 0.454 e. The van der Waals surface area contributed by atoms with Crippen LogP contribution in [0, 0.1) is 13.8 Å². The lowest BCUT2D eigenvalue weighted by atomic mass is 10.1. The smallest absolute Gasteiger partial charge is 0.328 e. The van der Waals surface area contributed by atoms with Crippen molar-refractivity contribution in [3.05, 3.63) is 50.7 Å². The minimum Gasteiger partial charge on any atom is -0.454 e. The second-order valence-electron chi connectivity index (χ2n) is 8.01. The number of amides is 1. The van der Waals surface area contributed by atoms with Gasteiger partial charge in [-0.2, -0.15) is 0 Å². The van der Waals surface area contributed by atoms with E-state index in [0.717, 1.165) is 10.4 Å². The average molecular weight is 484 g/mol. The van der Waals surface area contributed by atoms with Gasteiger partial charge < -0.3 is 9.64 Å². The number of thiophene rings is 1. The molecule has 3 rings (SSSR count). The molecular formula is C22H26ClNO5S2. The molecule has 1 heterocycles. The average Bonchev–Trinajstić information content (AvgIpc) is 3.37. The standard InChI is InChI=1S/C22H26ClNO5S2/c1-15-6-7-16(2)18(12-15)31(27,28)22(10-4-5-11-22)21(26)29-14-20(25)24(3)13-17-8-9-19(23)30-17/h6-9,12H,4-5,10-11,13-14H2,1-3H3. The van der Waals surface area contributed by atoms with E-state index in [-0.39, 0.29) is 17.7 Å². The number of carbonyl (C=O) groups is 2. The van der Waals surface area contributed by atoms with Crippen molar-refractivity contribution in [3.8, 4) is 0 Å². The highest BCUT2D eigenvalue weighted by Gasteiger charge is 2.54. The molecule has 31 heavy (non-hydrogen) atoms. The Balaban J connectivity index is 1.76. The fraction of sp³-hybridized carbons (Fsp3) is 0.455. The number of hydrogen-bond donors (Lipinski definition) is 0. The van der Waals surface area contributed by atoms with Crippen molar-refractivity contribution < 1.29 is 22.7 Å². The van der Waals surface area contributed by atoms with Gasteiger partial charge in [0.1, 0.15) is 0 Å². The molecule has 2 aromatic rings. The normalized spacial score (nSPS) is 15.6. The Morgan fingerprint density at radius 3 is 2.45 bits per heavy atom. The van der Waals surface area contributed by atoms with E-state index in [4.69, 9.17) is 16.3 Å². The first kappa shape index (κ1) is 23.8. The molecule has 1 saturated carbocycles. The summed E-state index contributed by atoms with van der Waals surface area (Å²) in [7, 11) is -2.38. The summed E-state index contributed by atoms with van der Waals surface area (Å²) in [5.41, 5.74) is 1.39. The predicted octanol–water partition coefficient (Wildman–Crippen LogP) is 4.31. The summed E-state index contributed by atoms with van der Waals surface area (Å²) >= 11 is 7.28. The fourth-order valence-corrected chi connectivity index (χ4v) is 7.36. The number of hydrogen-bond acceptors (Lipinski definition) is 6. The van der Waals surface area contributed by atoms with Crippen LogP contribution in [0.5, 0.6) is 0 Å². The maximum atomic E-state index is 13.6. The van der Waals surface area contributed by atoms with Gasteiger partial charge in [-0.1, -0.05) is 36.6 Å². The summed E-state index contributed by atoms with van der Waals surface area (Å²) in [4.78, 5) is 28.0. The first-order valence-corrected chi connectivity index (χ1v) is 12.7. The highest BCUT2D eigenvalue weighted by Crippen LogP contribution is 2.42. The number of rotatable bonds is 7. The molecule has 168 valence electrons. The Hall–Kier alpha value is -1.90. The van der Waals surface area contributed by atoms with E-state index in [1.807, 2.05) is 19.1 Å². The molecule has 1 aromatic heterocycles. The zero-order chi connectivity index (χ0) is 22.8. The van der Waals surface area contributed by atoms with Crippen LogP contribution in [0.1, 0.15) is 41.7 Å². The highest BCUT2D eigenvalue weighted by molar-refractivity contribution is 7.93. The molecule has 1 aromatic carbocycles. The number of carbonyl (C=O) groups excluding carboxylic acids is 2. The molecule has 9 heteroatoms. The van der Waals surface area contributed by atoms with Crippen molar-refractivity contribution in [3.63, 3.8) is 0 Å². The quantitative estimate of drug-likeness (QED) is 0.548. The van der Waals surface area contributed by atoms with Crippen molar-refractivity contribution in [2.45, 2.75) is 55.7 Å². The van der Waals surface area contributed by atoms with Crippen LogP contribution < -0.4 is 0 Å². The number of ether oxygens (including phenoxy) is 1. The Labute approximate surface area is 192 Å². The maximum absolute atomic E-state index is 13.6. The van der Waals surface area contributed by atoms with E-state index in [1.165, 1.54) is 16.2 Å². The number of benzene rings is 1. The zero-order valence-electron chi connectivity index (χ0n) is 17.8. The molecule has 0 atom stereocenters. The van der Waals surface area contributed by atoms with E-state index in [1.54, 1.807) is 32.2 Å². The summed E-state index contributed by atoms with van der Waals surface area (Å²) in [6.07, 6.45) is 1.62. The van der Waals surface area contributed by atoms with Gasteiger partial charge in [0.2, 0.25) is 0 Å². The third-order valence-corrected chi connectivity index (χ3v) is 9.54. The molecule has 1 aliphatic carbocycles. The van der Waals surface area contributed by atoms with Crippen molar-refractivity contribution in [1.29, 1.82) is 0 Å². The van der Waals surface area contributed by atoms with Crippen molar-refractivity contribution in [2.24, 2.45) is 0 Å². The van der Waals surface area contributed by atoms with Crippen LogP contribution in [-0.2, 0) is 30.7 Å². The van der Waals surface area contributed by atoms with E-state index in [0.29, 0.717) is 29.3 Å². The third-order valence-electron chi connectivity index (χ3n) is 5.71. The van der Waals surface area contributed by atoms with Crippen LogP contribution in [0.4, 0.5) is 0 Å². The third kappa shape index (κ3) is 4.81. The maximum Gasteiger partial charge on any atom is 0.328 e. The van der Waals surface area contributed by atoms with Crippen molar-refractivity contribution >= 4 is 44.7 Å². The first-order chi connectivity index (χ1) is 14.6. The van der Waals surface area contributed by atoms with Crippen molar-refractivity contribution in [2.75, 3.05) is 13.7 Å². The molecule has 0 radical (unpaired) electrons. The summed E-state index contributed by atoms with van der Waals surface area (Å²) < 4.78 is 31.5. The summed E-state index contributed by atoms with van der Waals surface area (Å²) in [5.74, 6) is -1.25. The van der Waals surface area contributed by atoms with E-state index >= 15 is 0 Å². The Morgan fingerprint density at radius 2 is 1.84 bits per heavy atom. The lowest BCUT2D eigenvalue weighted by Crippen LogP contribution is -2.46. The monoisotopic (exact) mass is 483 g/mol. The van der Waals surface area contributed by atoms with Crippen molar-refractivity contribution in [1.82, 2.24) is 4.90 Å². The topological polar surface area (TPSA) is 80.7 Å². The van der Waals surface area contributed by atoms with Crippen LogP contribution in [0.3, 0.4) is 0 Å². The van der Waals surface area contributed by atoms with Crippen LogP contribution in [-0.4, -0.2) is 43.6 Å². The van der Waals surface area contributed by atoms with Crippen LogP contribution in [0.2, 0.25) is 4.34 Å². The van der Waals surface area contributed by atoms with Gasteiger partial charge >= 0.3 is 5.97 Å². The SMILES string of the molecule is Cc1ccc(C)c(S(=O)(=O)C2(C(=O)OCC(=O)N(C)Cc3ccc(Cl)s3)CCCC2)c1. The second kappa shape index (κ2) is 9.30. The molecule has 1 fully saturated rings. The summed E-state index contributed by atoms with van der Waals surface area (Å²) in [6, 6.07) is 8.76. The molecule has 1 aliphatic rings. The Bertz CT molecular complexity index is 1090. The molecule has 1 amide bonds. The van der Waals surface area contributed by atoms with E-state index in [2.05, 4.69) is 0 Å². The molecule has 0 unspecified atom stereocenters. The Morgan fingerprint density at radius 1 is 1.16 bits per heavy atom. The van der Waals surface area contributed by atoms with Gasteiger partial charge in [0.05, 0.1) is 15.8 Å². The molecule has 0 N–H and O–H groups in total. The first-order valence-electron chi connectivity index (χ1n) is 10.0. The van der Waals surface area contributed by atoms with E-state index in [9.17, 15) is 18.0 Å². The highest BCUT2D eigenvalue weighted by atomic mass is 35.5. The predicted molar refractivity (Wildman–Crippen MR) is 121 cm³/mol. The van der Waals surface area contributed by atoms with Gasteiger partial charge in [0.15, 0.2) is 21.2 Å². The van der Waals surface area contributed by atoms with Gasteiger partial charge in [-0.25, -0.2) is 8.42 Å². The van der Waals surface area contributed by atoms with E-state index < -0.39 is 33.1 Å². The minimum atomic E-state index is -3.98. The number of halogens is 1. The molecular weight excluding hydrogens is 458 g/mol. The molecule has 0 aliphatic heterocycles. The molecule has 0 bridgehead atoms.